The molecule has 1 fully saturated rings. The molecular formula is C13H16N4O2. The lowest BCUT2D eigenvalue weighted by atomic mass is 10.3. The van der Waals surface area contributed by atoms with E-state index in [2.05, 4.69) is 10.1 Å². The van der Waals surface area contributed by atoms with Crippen molar-refractivity contribution in [1.29, 1.82) is 0 Å². The van der Waals surface area contributed by atoms with Crippen molar-refractivity contribution in [3.8, 4) is 0 Å². The second-order valence-electron chi connectivity index (χ2n) is 4.94. The highest BCUT2D eigenvalue weighted by atomic mass is 16.3. The molecule has 6 heteroatoms. The zero-order valence-electron chi connectivity index (χ0n) is 11.0. The van der Waals surface area contributed by atoms with Gasteiger partial charge in [0.25, 0.3) is 5.91 Å². The van der Waals surface area contributed by atoms with Gasteiger partial charge in [0.1, 0.15) is 6.26 Å². The maximum Gasteiger partial charge on any atom is 0.275 e. The summed E-state index contributed by atoms with van der Waals surface area (Å²) in [7, 11) is 0. The Labute approximate surface area is 111 Å². The lowest BCUT2D eigenvalue weighted by Gasteiger charge is -2.15. The second-order valence-corrected chi connectivity index (χ2v) is 4.94. The number of hydrogen-bond acceptors (Lipinski definition) is 4. The van der Waals surface area contributed by atoms with Crippen LogP contribution >= 0.6 is 0 Å². The van der Waals surface area contributed by atoms with Gasteiger partial charge < -0.3 is 9.32 Å². The number of aromatic nitrogens is 3. The highest BCUT2D eigenvalue weighted by molar-refractivity contribution is 5.92. The number of hydrogen-bond donors (Lipinski definition) is 0. The number of oxazole rings is 1. The monoisotopic (exact) mass is 260 g/mol. The Balaban J connectivity index is 1.70. The third kappa shape index (κ3) is 2.25. The zero-order chi connectivity index (χ0) is 13.4. The van der Waals surface area contributed by atoms with Crippen LogP contribution in [0.3, 0.4) is 0 Å². The maximum absolute atomic E-state index is 12.2. The van der Waals surface area contributed by atoms with Crippen LogP contribution < -0.4 is 0 Å². The van der Waals surface area contributed by atoms with E-state index < -0.39 is 0 Å². The predicted octanol–water partition coefficient (Wildman–Crippen LogP) is 1.58. The fraction of sp³-hybridized carbons (Fsp3) is 0.462. The first-order chi connectivity index (χ1) is 9.13. The van der Waals surface area contributed by atoms with Gasteiger partial charge in [-0.2, -0.15) is 5.10 Å². The Kier molecular flexibility index (Phi) is 2.85. The number of carbonyl (C=O) groups excluding carboxylic acids is 1. The Morgan fingerprint density at radius 2 is 2.32 bits per heavy atom. The zero-order valence-corrected chi connectivity index (χ0v) is 11.0. The van der Waals surface area contributed by atoms with E-state index >= 15 is 0 Å². The molecule has 1 aliphatic heterocycles. The van der Waals surface area contributed by atoms with E-state index in [4.69, 9.17) is 4.42 Å². The lowest BCUT2D eigenvalue weighted by molar-refractivity contribution is 0.0781. The Hall–Kier alpha value is -2.11. The normalized spacial score (nSPS) is 19.1. The summed E-state index contributed by atoms with van der Waals surface area (Å²) in [5.74, 6) is 0.449. The van der Waals surface area contributed by atoms with Crippen LogP contribution in [0.5, 0.6) is 0 Å². The third-order valence-electron chi connectivity index (χ3n) is 3.39. The van der Waals surface area contributed by atoms with Gasteiger partial charge in [-0.3, -0.25) is 9.48 Å². The minimum Gasteiger partial charge on any atom is -0.448 e. The van der Waals surface area contributed by atoms with Gasteiger partial charge in [0.2, 0.25) is 0 Å². The van der Waals surface area contributed by atoms with Crippen molar-refractivity contribution in [1.82, 2.24) is 19.7 Å². The molecule has 1 aliphatic rings. The summed E-state index contributed by atoms with van der Waals surface area (Å²) in [5, 5.41) is 4.31. The average Bonchev–Trinajstić information content (AvgIpc) is 3.07. The molecule has 0 radical (unpaired) electrons. The molecule has 1 unspecified atom stereocenters. The van der Waals surface area contributed by atoms with Crippen LogP contribution in [0.2, 0.25) is 0 Å². The third-order valence-corrected chi connectivity index (χ3v) is 3.39. The molecule has 3 rings (SSSR count). The van der Waals surface area contributed by atoms with Crippen LogP contribution in [-0.2, 0) is 0 Å². The summed E-state index contributed by atoms with van der Waals surface area (Å²) in [6.07, 6.45) is 6.19. The molecule has 1 amide bonds. The quantitative estimate of drug-likeness (QED) is 0.822. The first-order valence-corrected chi connectivity index (χ1v) is 6.35. The molecule has 0 spiro atoms. The van der Waals surface area contributed by atoms with E-state index in [0.29, 0.717) is 18.1 Å². The van der Waals surface area contributed by atoms with Crippen molar-refractivity contribution >= 4 is 5.91 Å². The van der Waals surface area contributed by atoms with Gasteiger partial charge in [0.05, 0.1) is 12.2 Å². The number of carbonyl (C=O) groups is 1. The minimum atomic E-state index is -0.0665. The van der Waals surface area contributed by atoms with Crippen LogP contribution in [0.4, 0.5) is 0 Å². The molecular weight excluding hydrogens is 244 g/mol. The molecule has 1 atom stereocenters. The summed E-state index contributed by atoms with van der Waals surface area (Å²) in [5.41, 5.74) is 1.52. The molecule has 1 saturated heterocycles. The van der Waals surface area contributed by atoms with Gasteiger partial charge in [0.15, 0.2) is 11.6 Å². The largest absolute Gasteiger partial charge is 0.448 e. The van der Waals surface area contributed by atoms with E-state index in [0.717, 1.165) is 18.5 Å². The van der Waals surface area contributed by atoms with E-state index in [9.17, 15) is 4.79 Å². The van der Waals surface area contributed by atoms with Crippen molar-refractivity contribution in [2.24, 2.45) is 0 Å². The Morgan fingerprint density at radius 3 is 2.95 bits per heavy atom. The first kappa shape index (κ1) is 12.0. The van der Waals surface area contributed by atoms with Gasteiger partial charge in [-0.05, 0) is 18.9 Å². The predicted molar refractivity (Wildman–Crippen MR) is 67.8 cm³/mol. The fourth-order valence-corrected chi connectivity index (χ4v) is 2.40. The summed E-state index contributed by atoms with van der Waals surface area (Å²) in [6, 6.07) is 0.255. The van der Waals surface area contributed by atoms with Crippen LogP contribution in [0.15, 0.2) is 23.1 Å². The topological polar surface area (TPSA) is 64.2 Å². The number of aryl methyl sites for hydroxylation is 2. The van der Waals surface area contributed by atoms with Crippen molar-refractivity contribution in [3.05, 3.63) is 35.8 Å². The van der Waals surface area contributed by atoms with Crippen molar-refractivity contribution < 1.29 is 9.21 Å². The molecule has 19 heavy (non-hydrogen) atoms. The molecule has 6 nitrogen and oxygen atoms in total. The second kappa shape index (κ2) is 4.53. The van der Waals surface area contributed by atoms with E-state index in [1.54, 1.807) is 11.8 Å². The Bertz CT molecular complexity index is 601. The highest BCUT2D eigenvalue weighted by Crippen LogP contribution is 2.22. The number of nitrogens with zero attached hydrogens (tertiary/aromatic N) is 4. The summed E-state index contributed by atoms with van der Waals surface area (Å²) in [4.78, 5) is 18.1. The summed E-state index contributed by atoms with van der Waals surface area (Å²) < 4.78 is 7.02. The standard InChI is InChI=1S/C13H16N4O2/c1-9-5-14-17(6-9)11-3-4-16(7-11)13(18)12-8-19-10(2)15-12/h5-6,8,11H,3-4,7H2,1-2H3. The molecule has 2 aromatic rings. The first-order valence-electron chi connectivity index (χ1n) is 6.35. The molecule has 100 valence electrons. The smallest absolute Gasteiger partial charge is 0.275 e. The molecule has 0 aromatic carbocycles. The summed E-state index contributed by atoms with van der Waals surface area (Å²) >= 11 is 0. The molecule has 2 aromatic heterocycles. The fourth-order valence-electron chi connectivity index (χ4n) is 2.40. The van der Waals surface area contributed by atoms with Crippen LogP contribution in [0.25, 0.3) is 0 Å². The molecule has 3 heterocycles. The van der Waals surface area contributed by atoms with Crippen molar-refractivity contribution in [2.45, 2.75) is 26.3 Å². The Morgan fingerprint density at radius 1 is 1.47 bits per heavy atom. The van der Waals surface area contributed by atoms with E-state index in [1.165, 1.54) is 6.26 Å². The molecule has 0 aliphatic carbocycles. The van der Waals surface area contributed by atoms with Crippen LogP contribution in [-0.4, -0.2) is 38.7 Å². The van der Waals surface area contributed by atoms with Gasteiger partial charge >= 0.3 is 0 Å². The van der Waals surface area contributed by atoms with Gasteiger partial charge in [-0.15, -0.1) is 0 Å². The molecule has 0 saturated carbocycles. The van der Waals surface area contributed by atoms with Gasteiger partial charge in [-0.25, -0.2) is 4.98 Å². The van der Waals surface area contributed by atoms with E-state index in [1.807, 2.05) is 24.0 Å². The minimum absolute atomic E-state index is 0.0665. The van der Waals surface area contributed by atoms with E-state index in [-0.39, 0.29) is 11.9 Å². The van der Waals surface area contributed by atoms with Crippen LogP contribution in [0.1, 0.15) is 34.4 Å². The SMILES string of the molecule is Cc1cnn(C2CCN(C(=O)c3coc(C)n3)C2)c1. The summed E-state index contributed by atoms with van der Waals surface area (Å²) in [6.45, 7) is 5.15. The lowest BCUT2D eigenvalue weighted by Crippen LogP contribution is -2.29. The number of amides is 1. The molecule has 0 N–H and O–H groups in total. The highest BCUT2D eigenvalue weighted by Gasteiger charge is 2.29. The van der Waals surface area contributed by atoms with Crippen molar-refractivity contribution in [3.63, 3.8) is 0 Å². The van der Waals surface area contributed by atoms with Crippen molar-refractivity contribution in [2.75, 3.05) is 13.1 Å². The molecule has 0 bridgehead atoms. The number of rotatable bonds is 2. The van der Waals surface area contributed by atoms with Gasteiger partial charge in [0, 0.05) is 26.2 Å². The average molecular weight is 260 g/mol. The van der Waals surface area contributed by atoms with Crippen LogP contribution in [0, 0.1) is 13.8 Å². The maximum atomic E-state index is 12.2. The van der Waals surface area contributed by atoms with Gasteiger partial charge in [-0.1, -0.05) is 0 Å². The number of likely N-dealkylation sites (tertiary alicyclic amines) is 1.